The quantitative estimate of drug-likeness (QED) is 0.703. The third kappa shape index (κ3) is 1.32. The first-order chi connectivity index (χ1) is 7.63. The molecule has 16 heavy (non-hydrogen) atoms. The van der Waals surface area contributed by atoms with Gasteiger partial charge in [-0.3, -0.25) is 0 Å². The Balaban J connectivity index is 1.62. The Morgan fingerprint density at radius 2 is 2.12 bits per heavy atom. The number of likely N-dealkylation sites (tertiary alicyclic amines) is 1. The summed E-state index contributed by atoms with van der Waals surface area (Å²) >= 11 is 0. The van der Waals surface area contributed by atoms with Crippen LogP contribution in [0.5, 0.6) is 0 Å². The minimum Gasteiger partial charge on any atom is -0.376 e. The Morgan fingerprint density at radius 3 is 2.62 bits per heavy atom. The summed E-state index contributed by atoms with van der Waals surface area (Å²) in [5.41, 5.74) is 0. The number of nitrogens with zero attached hydrogens (tertiary/aromatic N) is 3. The van der Waals surface area contributed by atoms with Crippen LogP contribution in [-0.2, 0) is 0 Å². The zero-order chi connectivity index (χ0) is 11.3. The first kappa shape index (κ1) is 10.0. The first-order valence-electron chi connectivity index (χ1n) is 5.33. The van der Waals surface area contributed by atoms with Crippen LogP contribution in [0, 0.1) is 11.8 Å². The molecule has 1 aliphatic carbocycles. The van der Waals surface area contributed by atoms with E-state index in [-0.39, 0.29) is 6.73 Å². The van der Waals surface area contributed by atoms with Crippen LogP contribution >= 0.6 is 0 Å². The van der Waals surface area contributed by atoms with E-state index in [9.17, 15) is 8.78 Å². The van der Waals surface area contributed by atoms with E-state index in [4.69, 9.17) is 5.11 Å². The molecule has 1 saturated carbocycles. The molecule has 0 radical (unpaired) electrons. The summed E-state index contributed by atoms with van der Waals surface area (Å²) in [6.45, 7) is 1.13. The van der Waals surface area contributed by atoms with E-state index in [2.05, 4.69) is 4.99 Å². The number of aliphatic hydroxyl groups excluding tert-OH is 1. The SMILES string of the molecule is OCN1C=CC(N2CC3C(C2)C3(F)F)=NC1. The smallest absolute Gasteiger partial charge is 0.258 e. The van der Waals surface area contributed by atoms with Gasteiger partial charge in [-0.05, 0) is 6.08 Å². The zero-order valence-corrected chi connectivity index (χ0v) is 8.68. The van der Waals surface area contributed by atoms with Gasteiger partial charge in [-0.1, -0.05) is 0 Å². The van der Waals surface area contributed by atoms with Crippen molar-refractivity contribution in [3.63, 3.8) is 0 Å². The number of fused-ring (bicyclic) bond motifs is 1. The molecule has 0 spiro atoms. The Labute approximate surface area is 91.9 Å². The molecule has 2 fully saturated rings. The van der Waals surface area contributed by atoms with Crippen LogP contribution in [0.2, 0.25) is 0 Å². The lowest BCUT2D eigenvalue weighted by Crippen LogP contribution is -2.35. The molecular weight excluding hydrogens is 216 g/mol. The van der Waals surface area contributed by atoms with Crippen molar-refractivity contribution in [3.05, 3.63) is 12.3 Å². The Bertz CT molecular complexity index is 355. The van der Waals surface area contributed by atoms with Gasteiger partial charge in [0.25, 0.3) is 5.92 Å². The molecule has 2 heterocycles. The van der Waals surface area contributed by atoms with Crippen LogP contribution in [0.3, 0.4) is 0 Å². The molecule has 88 valence electrons. The normalized spacial score (nSPS) is 35.1. The van der Waals surface area contributed by atoms with Crippen LogP contribution in [0.25, 0.3) is 0 Å². The molecule has 2 unspecified atom stereocenters. The highest BCUT2D eigenvalue weighted by atomic mass is 19.3. The van der Waals surface area contributed by atoms with Gasteiger partial charge in [0.15, 0.2) is 0 Å². The maximum atomic E-state index is 13.0. The molecule has 0 aromatic heterocycles. The van der Waals surface area contributed by atoms with Crippen molar-refractivity contribution < 1.29 is 13.9 Å². The van der Waals surface area contributed by atoms with E-state index in [1.807, 2.05) is 4.90 Å². The van der Waals surface area contributed by atoms with Crippen LogP contribution in [0.4, 0.5) is 8.78 Å². The molecule has 4 nitrogen and oxygen atoms in total. The summed E-state index contributed by atoms with van der Waals surface area (Å²) < 4.78 is 25.9. The summed E-state index contributed by atoms with van der Waals surface area (Å²) in [6, 6.07) is 0. The van der Waals surface area contributed by atoms with E-state index in [0.29, 0.717) is 19.8 Å². The second-order valence-electron chi connectivity index (χ2n) is 4.50. The highest BCUT2D eigenvalue weighted by molar-refractivity contribution is 5.93. The molecule has 2 atom stereocenters. The zero-order valence-electron chi connectivity index (χ0n) is 8.68. The van der Waals surface area contributed by atoms with Gasteiger partial charge in [0, 0.05) is 19.3 Å². The van der Waals surface area contributed by atoms with Crippen LogP contribution in [0.15, 0.2) is 17.3 Å². The van der Waals surface area contributed by atoms with Gasteiger partial charge in [-0.2, -0.15) is 0 Å². The lowest BCUT2D eigenvalue weighted by atomic mass is 10.3. The second kappa shape index (κ2) is 3.16. The molecule has 2 aliphatic heterocycles. The van der Waals surface area contributed by atoms with E-state index in [1.165, 1.54) is 0 Å². The van der Waals surface area contributed by atoms with Crippen molar-refractivity contribution in [2.45, 2.75) is 5.92 Å². The number of alkyl halides is 2. The number of aliphatic hydroxyl groups is 1. The topological polar surface area (TPSA) is 39.1 Å². The maximum Gasteiger partial charge on any atom is 0.258 e. The van der Waals surface area contributed by atoms with Crippen LogP contribution < -0.4 is 0 Å². The summed E-state index contributed by atoms with van der Waals surface area (Å²) in [5.74, 6) is -2.63. The van der Waals surface area contributed by atoms with E-state index in [1.54, 1.807) is 17.2 Å². The largest absolute Gasteiger partial charge is 0.376 e. The predicted molar refractivity (Wildman–Crippen MR) is 53.9 cm³/mol. The fourth-order valence-corrected chi connectivity index (χ4v) is 2.43. The Kier molecular flexibility index (Phi) is 1.98. The third-order valence-electron chi connectivity index (χ3n) is 3.55. The molecule has 0 aromatic carbocycles. The summed E-state index contributed by atoms with van der Waals surface area (Å²) in [5, 5.41) is 8.85. The molecule has 0 aromatic rings. The highest BCUT2D eigenvalue weighted by Gasteiger charge is 2.71. The number of piperidine rings is 1. The molecule has 6 heteroatoms. The number of rotatable bonds is 1. The van der Waals surface area contributed by atoms with Crippen LogP contribution in [0.1, 0.15) is 0 Å². The second-order valence-corrected chi connectivity index (χ2v) is 4.50. The van der Waals surface area contributed by atoms with Gasteiger partial charge < -0.3 is 14.9 Å². The van der Waals surface area contributed by atoms with Gasteiger partial charge in [-0.25, -0.2) is 13.8 Å². The van der Waals surface area contributed by atoms with Crippen LogP contribution in [-0.4, -0.2) is 53.2 Å². The third-order valence-corrected chi connectivity index (χ3v) is 3.55. The standard InChI is InChI=1S/C10H13F2N3O/c11-10(12)7-3-15(4-8(7)10)9-1-2-14(6-16)5-13-9/h1-2,7-8,16H,3-6H2. The molecule has 3 aliphatic rings. The van der Waals surface area contributed by atoms with Crippen molar-refractivity contribution in [3.8, 4) is 0 Å². The Hall–Kier alpha value is -1.17. The van der Waals surface area contributed by atoms with Gasteiger partial charge in [-0.15, -0.1) is 0 Å². The molecule has 3 rings (SSSR count). The predicted octanol–water partition coefficient (Wildman–Crippen LogP) is 0.318. The summed E-state index contributed by atoms with van der Waals surface area (Å²) in [6.07, 6.45) is 3.51. The number of hydrogen-bond acceptors (Lipinski definition) is 4. The lowest BCUT2D eigenvalue weighted by molar-refractivity contribution is 0.0644. The van der Waals surface area contributed by atoms with Gasteiger partial charge in [0.2, 0.25) is 0 Å². The van der Waals surface area contributed by atoms with Crippen molar-refractivity contribution in [2.24, 2.45) is 16.8 Å². The number of hydrogen-bond donors (Lipinski definition) is 1. The van der Waals surface area contributed by atoms with Gasteiger partial charge >= 0.3 is 0 Å². The van der Waals surface area contributed by atoms with Gasteiger partial charge in [0.1, 0.15) is 19.2 Å². The number of halogens is 2. The van der Waals surface area contributed by atoms with Crippen molar-refractivity contribution in [2.75, 3.05) is 26.5 Å². The summed E-state index contributed by atoms with van der Waals surface area (Å²) in [7, 11) is 0. The molecule has 1 saturated heterocycles. The van der Waals surface area contributed by atoms with Crippen molar-refractivity contribution >= 4 is 5.84 Å². The van der Waals surface area contributed by atoms with E-state index >= 15 is 0 Å². The van der Waals surface area contributed by atoms with E-state index in [0.717, 1.165) is 5.84 Å². The highest BCUT2D eigenvalue weighted by Crippen LogP contribution is 2.59. The maximum absolute atomic E-state index is 13.0. The minimum atomic E-state index is -2.44. The Morgan fingerprint density at radius 1 is 1.44 bits per heavy atom. The van der Waals surface area contributed by atoms with Crippen molar-refractivity contribution in [1.29, 1.82) is 0 Å². The molecular formula is C10H13F2N3O. The minimum absolute atomic E-state index is 0.0728. The number of amidine groups is 1. The summed E-state index contributed by atoms with van der Waals surface area (Å²) in [4.78, 5) is 7.78. The molecule has 1 N–H and O–H groups in total. The fraction of sp³-hybridized carbons (Fsp3) is 0.700. The fourth-order valence-electron chi connectivity index (χ4n) is 2.43. The van der Waals surface area contributed by atoms with Crippen molar-refractivity contribution in [1.82, 2.24) is 9.80 Å². The lowest BCUT2D eigenvalue weighted by Gasteiger charge is -2.26. The monoisotopic (exact) mass is 229 g/mol. The average Bonchev–Trinajstić information content (AvgIpc) is 2.72. The number of aliphatic imine (C=N–C) groups is 1. The average molecular weight is 229 g/mol. The molecule has 0 bridgehead atoms. The van der Waals surface area contributed by atoms with E-state index < -0.39 is 17.8 Å². The van der Waals surface area contributed by atoms with Gasteiger partial charge in [0.05, 0.1) is 11.8 Å². The molecule has 0 amide bonds. The first-order valence-corrected chi connectivity index (χ1v) is 5.33.